The van der Waals surface area contributed by atoms with Crippen molar-refractivity contribution in [2.24, 2.45) is 0 Å². The van der Waals surface area contributed by atoms with Crippen molar-refractivity contribution in [1.29, 1.82) is 0 Å². The number of carboxylic acid groups (broad SMARTS) is 1. The molecular formula is C25H27NO8. The normalized spacial score (nSPS) is 12.2. The highest BCUT2D eigenvalue weighted by atomic mass is 16.7. The van der Waals surface area contributed by atoms with Crippen LogP contribution in [0.4, 0.5) is 15.3 Å². The third-order valence-electron chi connectivity index (χ3n) is 5.57. The Morgan fingerprint density at radius 1 is 1.06 bits per heavy atom. The van der Waals surface area contributed by atoms with Crippen molar-refractivity contribution in [2.45, 2.75) is 45.1 Å². The summed E-state index contributed by atoms with van der Waals surface area (Å²) >= 11 is 0. The lowest BCUT2D eigenvalue weighted by molar-refractivity contribution is -0.142. The Kier molecular flexibility index (Phi) is 8.24. The van der Waals surface area contributed by atoms with Crippen molar-refractivity contribution < 1.29 is 38.5 Å². The van der Waals surface area contributed by atoms with E-state index in [1.165, 1.54) is 0 Å². The lowest BCUT2D eigenvalue weighted by Crippen LogP contribution is -2.47. The van der Waals surface area contributed by atoms with E-state index in [0.717, 1.165) is 40.7 Å². The van der Waals surface area contributed by atoms with E-state index in [-0.39, 0.29) is 13.0 Å². The number of esters is 1. The van der Waals surface area contributed by atoms with E-state index < -0.39 is 36.6 Å². The van der Waals surface area contributed by atoms with Crippen LogP contribution in [-0.2, 0) is 30.2 Å². The molecule has 0 fully saturated rings. The van der Waals surface area contributed by atoms with Gasteiger partial charge in [0, 0.05) is 12.8 Å². The number of fused-ring (bicyclic) bond motifs is 3. The molecule has 1 aliphatic rings. The molecule has 1 aliphatic carbocycles. The number of unbranched alkanes of at least 4 members (excludes halogenated alkanes) is 1. The Morgan fingerprint density at radius 2 is 1.79 bits per heavy atom. The van der Waals surface area contributed by atoms with Crippen LogP contribution in [0.5, 0.6) is 0 Å². The zero-order valence-corrected chi connectivity index (χ0v) is 19.1. The number of carbonyl (C=O) groups excluding carboxylic acids is 3. The van der Waals surface area contributed by atoms with E-state index in [2.05, 4.69) is 0 Å². The first-order valence-electron chi connectivity index (χ1n) is 11.0. The van der Waals surface area contributed by atoms with E-state index in [1.54, 1.807) is 12.1 Å². The van der Waals surface area contributed by atoms with Crippen LogP contribution in [0.1, 0.15) is 43.7 Å². The fourth-order valence-electron chi connectivity index (χ4n) is 3.95. The van der Waals surface area contributed by atoms with Gasteiger partial charge in [-0.1, -0.05) is 49.7 Å². The Morgan fingerprint density at radius 3 is 2.50 bits per heavy atom. The summed E-state index contributed by atoms with van der Waals surface area (Å²) in [7, 11) is 1.16. The number of methoxy groups -OCH3 is 1. The molecule has 34 heavy (non-hydrogen) atoms. The van der Waals surface area contributed by atoms with Crippen LogP contribution in [0, 0.1) is 0 Å². The molecule has 0 saturated carbocycles. The summed E-state index contributed by atoms with van der Waals surface area (Å²) in [4.78, 5) is 50.2. The van der Waals surface area contributed by atoms with E-state index in [9.17, 15) is 24.3 Å². The predicted molar refractivity (Wildman–Crippen MR) is 123 cm³/mol. The molecule has 0 radical (unpaired) electrons. The van der Waals surface area contributed by atoms with E-state index >= 15 is 0 Å². The van der Waals surface area contributed by atoms with E-state index in [1.807, 2.05) is 37.3 Å². The molecule has 0 bridgehead atoms. The van der Waals surface area contributed by atoms with Crippen molar-refractivity contribution in [3.8, 4) is 11.1 Å². The number of carbonyl (C=O) groups is 4. The Bertz CT molecular complexity index is 1080. The monoisotopic (exact) mass is 469 g/mol. The molecule has 0 saturated heterocycles. The molecule has 2 aromatic carbocycles. The molecular weight excluding hydrogens is 442 g/mol. The molecule has 9 heteroatoms. The summed E-state index contributed by atoms with van der Waals surface area (Å²) in [6.07, 6.45) is -0.924. The van der Waals surface area contributed by atoms with Gasteiger partial charge < -0.3 is 19.3 Å². The second-order valence-electron chi connectivity index (χ2n) is 7.80. The van der Waals surface area contributed by atoms with E-state index in [4.69, 9.17) is 14.2 Å². The number of hydrogen-bond donors (Lipinski definition) is 1. The first-order valence-corrected chi connectivity index (χ1v) is 11.0. The van der Waals surface area contributed by atoms with Crippen LogP contribution < -0.4 is 4.90 Å². The molecule has 180 valence electrons. The number of aliphatic carboxylic acids is 1. The quantitative estimate of drug-likeness (QED) is 0.275. The summed E-state index contributed by atoms with van der Waals surface area (Å²) in [6.45, 7) is 1.99. The predicted octanol–water partition coefficient (Wildman–Crippen LogP) is 4.54. The number of nitrogens with zero attached hydrogens (tertiary/aromatic N) is 1. The fraction of sp³-hybridized carbons (Fsp3) is 0.360. The zero-order valence-electron chi connectivity index (χ0n) is 19.1. The first kappa shape index (κ1) is 24.8. The van der Waals surface area contributed by atoms with Crippen molar-refractivity contribution in [2.75, 3.05) is 18.6 Å². The Hall–Kier alpha value is -3.88. The number of anilines is 1. The highest BCUT2D eigenvalue weighted by Gasteiger charge is 2.37. The van der Waals surface area contributed by atoms with Crippen molar-refractivity contribution in [1.82, 2.24) is 0 Å². The maximum atomic E-state index is 13.0. The largest absolute Gasteiger partial charge is 0.516 e. The Balaban J connectivity index is 1.97. The van der Waals surface area contributed by atoms with Gasteiger partial charge in [-0.05, 0) is 41.2 Å². The van der Waals surface area contributed by atoms with Gasteiger partial charge in [-0.3, -0.25) is 9.69 Å². The minimum atomic E-state index is -1.42. The molecule has 3 rings (SSSR count). The molecule has 1 N–H and O–H groups in total. The SMILES string of the molecule is CCCCOC(=O)OC(=O)[C@H](CCC(=O)O)N(C(=O)OC)c1cccc2c1Cc1ccccc1-2. The number of amides is 1. The van der Waals surface area contributed by atoms with Gasteiger partial charge in [-0.2, -0.15) is 0 Å². The minimum absolute atomic E-state index is 0.0770. The third kappa shape index (κ3) is 5.54. The molecule has 0 unspecified atom stereocenters. The highest BCUT2D eigenvalue weighted by molar-refractivity contribution is 6.00. The summed E-state index contributed by atoms with van der Waals surface area (Å²) in [5.74, 6) is -2.26. The van der Waals surface area contributed by atoms with Gasteiger partial charge in [0.25, 0.3) is 0 Å². The van der Waals surface area contributed by atoms with Gasteiger partial charge in [-0.25, -0.2) is 14.4 Å². The third-order valence-corrected chi connectivity index (χ3v) is 5.57. The van der Waals surface area contributed by atoms with Crippen LogP contribution in [0.3, 0.4) is 0 Å². The fourth-order valence-corrected chi connectivity index (χ4v) is 3.95. The topological polar surface area (TPSA) is 119 Å². The standard InChI is InChI=1S/C25H27NO8/c1-3-4-14-33-25(31)34-23(29)21(12-13-22(27)28)26(24(30)32-2)20-11-7-10-18-17-9-6-5-8-16(17)15-19(18)20/h5-11,21H,3-4,12-15H2,1-2H3,(H,27,28)/t21-/m0/s1. The zero-order chi connectivity index (χ0) is 24.7. The minimum Gasteiger partial charge on any atom is -0.481 e. The molecule has 1 amide bonds. The maximum absolute atomic E-state index is 13.0. The summed E-state index contributed by atoms with van der Waals surface area (Å²) in [6, 6.07) is 11.7. The van der Waals surface area contributed by atoms with Crippen molar-refractivity contribution in [3.05, 3.63) is 53.6 Å². The second kappa shape index (κ2) is 11.3. The van der Waals surface area contributed by atoms with Gasteiger partial charge in [0.1, 0.15) is 6.04 Å². The van der Waals surface area contributed by atoms with Crippen LogP contribution in [0.15, 0.2) is 42.5 Å². The Labute approximate surface area is 197 Å². The summed E-state index contributed by atoms with van der Waals surface area (Å²) < 4.78 is 14.7. The van der Waals surface area contributed by atoms with Gasteiger partial charge in [0.15, 0.2) is 0 Å². The van der Waals surface area contributed by atoms with Crippen LogP contribution in [-0.4, -0.2) is 49.1 Å². The van der Waals surface area contributed by atoms with Crippen LogP contribution in [0.2, 0.25) is 0 Å². The molecule has 0 aliphatic heterocycles. The average molecular weight is 469 g/mol. The summed E-state index contributed by atoms with van der Waals surface area (Å²) in [5.41, 5.74) is 4.12. The van der Waals surface area contributed by atoms with Crippen molar-refractivity contribution in [3.63, 3.8) is 0 Å². The molecule has 0 aromatic heterocycles. The number of benzene rings is 2. The molecule has 9 nitrogen and oxygen atoms in total. The number of ether oxygens (including phenoxy) is 3. The average Bonchev–Trinajstić information content (AvgIpc) is 3.20. The second-order valence-corrected chi connectivity index (χ2v) is 7.80. The number of hydrogen-bond acceptors (Lipinski definition) is 7. The van der Waals surface area contributed by atoms with E-state index in [0.29, 0.717) is 18.5 Å². The summed E-state index contributed by atoms with van der Waals surface area (Å²) in [5, 5.41) is 9.21. The van der Waals surface area contributed by atoms with Crippen molar-refractivity contribution >= 4 is 29.9 Å². The molecule has 1 atom stereocenters. The smallest absolute Gasteiger partial charge is 0.481 e. The molecule has 0 spiro atoms. The molecule has 0 heterocycles. The van der Waals surface area contributed by atoms with Crippen LogP contribution >= 0.6 is 0 Å². The maximum Gasteiger partial charge on any atom is 0.516 e. The van der Waals surface area contributed by atoms with Gasteiger partial charge >= 0.3 is 24.2 Å². The van der Waals surface area contributed by atoms with Gasteiger partial charge in [0.2, 0.25) is 0 Å². The highest BCUT2D eigenvalue weighted by Crippen LogP contribution is 2.42. The van der Waals surface area contributed by atoms with Crippen LogP contribution in [0.25, 0.3) is 11.1 Å². The first-order chi connectivity index (χ1) is 16.4. The van der Waals surface area contributed by atoms with Gasteiger partial charge in [-0.15, -0.1) is 0 Å². The number of carboxylic acids is 1. The lowest BCUT2D eigenvalue weighted by atomic mass is 10.0. The molecule has 2 aromatic rings. The number of rotatable bonds is 9. The van der Waals surface area contributed by atoms with Gasteiger partial charge in [0.05, 0.1) is 19.4 Å². The lowest BCUT2D eigenvalue weighted by Gasteiger charge is -2.30.